The number of benzene rings is 1. The van der Waals surface area contributed by atoms with E-state index in [-0.39, 0.29) is 12.5 Å². The van der Waals surface area contributed by atoms with Crippen LogP contribution in [0.1, 0.15) is 31.1 Å². The molecule has 2 heteroatoms. The second kappa shape index (κ2) is 4.40. The highest BCUT2D eigenvalue weighted by molar-refractivity contribution is 5.28. The summed E-state index contributed by atoms with van der Waals surface area (Å²) in [5.41, 5.74) is 1.64. The van der Waals surface area contributed by atoms with Crippen LogP contribution in [0.3, 0.4) is 0 Å². The quantitative estimate of drug-likeness (QED) is 0.745. The minimum Gasteiger partial charge on any atom is -0.392 e. The summed E-state index contributed by atoms with van der Waals surface area (Å²) in [5, 5.41) is 18.8. The van der Waals surface area contributed by atoms with Crippen LogP contribution < -0.4 is 0 Å². The maximum Gasteiger partial charge on any atom is 0.0816 e. The summed E-state index contributed by atoms with van der Waals surface area (Å²) in [6.45, 7) is 3.90. The number of rotatable bonds is 3. The predicted molar refractivity (Wildman–Crippen MR) is 52.2 cm³/mol. The van der Waals surface area contributed by atoms with Crippen LogP contribution in [0.15, 0.2) is 24.3 Å². The van der Waals surface area contributed by atoms with E-state index in [0.717, 1.165) is 11.1 Å². The van der Waals surface area contributed by atoms with Gasteiger partial charge < -0.3 is 10.2 Å². The molecule has 0 aromatic heterocycles. The van der Waals surface area contributed by atoms with Gasteiger partial charge in [-0.3, -0.25) is 0 Å². The third kappa shape index (κ3) is 2.29. The van der Waals surface area contributed by atoms with Crippen LogP contribution in [0.2, 0.25) is 0 Å². The molecule has 0 amide bonds. The summed E-state index contributed by atoms with van der Waals surface area (Å²) in [5.74, 6) is 0.174. The molecule has 1 aromatic rings. The van der Waals surface area contributed by atoms with Gasteiger partial charge >= 0.3 is 0 Å². The van der Waals surface area contributed by atoms with Gasteiger partial charge in [0, 0.05) is 0 Å². The third-order valence-corrected chi connectivity index (χ3v) is 2.18. The molecule has 0 aliphatic carbocycles. The molecule has 1 aromatic carbocycles. The Morgan fingerprint density at radius 2 is 1.85 bits per heavy atom. The smallest absolute Gasteiger partial charge is 0.0816 e. The average Bonchev–Trinajstić information content (AvgIpc) is 2.16. The van der Waals surface area contributed by atoms with Gasteiger partial charge in [0.05, 0.1) is 12.7 Å². The van der Waals surface area contributed by atoms with Crippen molar-refractivity contribution in [3.8, 4) is 0 Å². The van der Waals surface area contributed by atoms with Gasteiger partial charge in [-0.2, -0.15) is 0 Å². The summed E-state index contributed by atoms with van der Waals surface area (Å²) in [4.78, 5) is 0. The summed E-state index contributed by atoms with van der Waals surface area (Å²) in [7, 11) is 0. The lowest BCUT2D eigenvalue weighted by Gasteiger charge is -2.17. The average molecular weight is 180 g/mol. The van der Waals surface area contributed by atoms with E-state index in [9.17, 15) is 5.11 Å². The molecule has 0 aliphatic heterocycles. The molecule has 0 aliphatic rings. The largest absolute Gasteiger partial charge is 0.392 e. The van der Waals surface area contributed by atoms with Gasteiger partial charge in [-0.25, -0.2) is 0 Å². The number of aliphatic hydroxyl groups is 2. The third-order valence-electron chi connectivity index (χ3n) is 2.18. The Kier molecular flexibility index (Phi) is 3.46. The molecule has 13 heavy (non-hydrogen) atoms. The molecule has 1 rings (SSSR count). The van der Waals surface area contributed by atoms with Crippen molar-refractivity contribution in [1.82, 2.24) is 0 Å². The molecule has 0 saturated heterocycles. The molecule has 0 unspecified atom stereocenters. The van der Waals surface area contributed by atoms with Crippen molar-refractivity contribution in [2.24, 2.45) is 5.92 Å². The Hall–Kier alpha value is -0.860. The Labute approximate surface area is 78.8 Å². The Morgan fingerprint density at radius 1 is 1.23 bits per heavy atom. The van der Waals surface area contributed by atoms with E-state index in [1.807, 2.05) is 38.1 Å². The van der Waals surface area contributed by atoms with Crippen molar-refractivity contribution in [2.45, 2.75) is 26.6 Å². The molecule has 0 bridgehead atoms. The van der Waals surface area contributed by atoms with Crippen molar-refractivity contribution in [3.05, 3.63) is 35.4 Å². The lowest BCUT2D eigenvalue weighted by Crippen LogP contribution is -2.08. The zero-order chi connectivity index (χ0) is 9.84. The van der Waals surface area contributed by atoms with E-state index in [4.69, 9.17) is 5.11 Å². The summed E-state index contributed by atoms with van der Waals surface area (Å²) >= 11 is 0. The van der Waals surface area contributed by atoms with Crippen LogP contribution in [-0.4, -0.2) is 10.2 Å². The zero-order valence-electron chi connectivity index (χ0n) is 8.07. The van der Waals surface area contributed by atoms with Crippen LogP contribution in [0.5, 0.6) is 0 Å². The number of hydrogen-bond acceptors (Lipinski definition) is 2. The molecule has 0 heterocycles. The molecule has 0 spiro atoms. The topological polar surface area (TPSA) is 40.5 Å². The molecule has 0 radical (unpaired) electrons. The Balaban J connectivity index is 2.98. The molecule has 2 nitrogen and oxygen atoms in total. The molecule has 72 valence electrons. The first-order valence-electron chi connectivity index (χ1n) is 4.53. The van der Waals surface area contributed by atoms with Gasteiger partial charge in [-0.1, -0.05) is 38.1 Å². The predicted octanol–water partition coefficient (Wildman–Crippen LogP) is 1.87. The van der Waals surface area contributed by atoms with E-state index in [0.29, 0.717) is 0 Å². The summed E-state index contributed by atoms with van der Waals surface area (Å²) < 4.78 is 0. The van der Waals surface area contributed by atoms with Crippen LogP contribution in [0, 0.1) is 5.92 Å². The molecular formula is C11H16O2. The second-order valence-corrected chi connectivity index (χ2v) is 3.55. The summed E-state index contributed by atoms with van der Waals surface area (Å²) in [6.07, 6.45) is -0.483. The van der Waals surface area contributed by atoms with E-state index in [1.54, 1.807) is 0 Å². The first kappa shape index (κ1) is 10.2. The van der Waals surface area contributed by atoms with Crippen molar-refractivity contribution >= 4 is 0 Å². The van der Waals surface area contributed by atoms with Crippen molar-refractivity contribution < 1.29 is 10.2 Å². The van der Waals surface area contributed by atoms with Gasteiger partial charge in [0.25, 0.3) is 0 Å². The lowest BCUT2D eigenvalue weighted by molar-refractivity contribution is 0.124. The number of hydrogen-bond donors (Lipinski definition) is 2. The highest BCUT2D eigenvalue weighted by Crippen LogP contribution is 2.24. The maximum absolute atomic E-state index is 9.80. The monoisotopic (exact) mass is 180 g/mol. The number of aliphatic hydroxyl groups excluding tert-OH is 2. The molecule has 2 N–H and O–H groups in total. The highest BCUT2D eigenvalue weighted by atomic mass is 16.3. The normalized spacial score (nSPS) is 13.3. The van der Waals surface area contributed by atoms with Gasteiger partial charge in [0.2, 0.25) is 0 Å². The van der Waals surface area contributed by atoms with E-state index < -0.39 is 6.10 Å². The van der Waals surface area contributed by atoms with Crippen molar-refractivity contribution in [2.75, 3.05) is 0 Å². The molecule has 0 fully saturated rings. The fourth-order valence-corrected chi connectivity index (χ4v) is 1.33. The van der Waals surface area contributed by atoms with Gasteiger partial charge in [-0.15, -0.1) is 0 Å². The molecule has 1 atom stereocenters. The van der Waals surface area contributed by atoms with Crippen LogP contribution in [0.4, 0.5) is 0 Å². The zero-order valence-corrected chi connectivity index (χ0v) is 8.07. The minimum atomic E-state index is -0.483. The van der Waals surface area contributed by atoms with Crippen molar-refractivity contribution in [3.63, 3.8) is 0 Å². The minimum absolute atomic E-state index is 0.0139. The standard InChI is InChI=1S/C11H16O2/c1-8(2)11(13)10-6-4-3-5-9(10)7-12/h3-6,8,11-13H,7H2,1-2H3/t11-/m0/s1. The van der Waals surface area contributed by atoms with E-state index in [1.165, 1.54) is 0 Å². The highest BCUT2D eigenvalue weighted by Gasteiger charge is 2.14. The van der Waals surface area contributed by atoms with Gasteiger partial charge in [0.15, 0.2) is 0 Å². The fraction of sp³-hybridized carbons (Fsp3) is 0.455. The van der Waals surface area contributed by atoms with Gasteiger partial charge in [-0.05, 0) is 17.0 Å². The first-order chi connectivity index (χ1) is 6.16. The van der Waals surface area contributed by atoms with Crippen LogP contribution >= 0.6 is 0 Å². The second-order valence-electron chi connectivity index (χ2n) is 3.55. The summed E-state index contributed by atoms with van der Waals surface area (Å²) in [6, 6.07) is 7.43. The van der Waals surface area contributed by atoms with Crippen molar-refractivity contribution in [1.29, 1.82) is 0 Å². The fourth-order valence-electron chi connectivity index (χ4n) is 1.33. The first-order valence-corrected chi connectivity index (χ1v) is 4.53. The lowest BCUT2D eigenvalue weighted by atomic mass is 9.95. The van der Waals surface area contributed by atoms with E-state index >= 15 is 0 Å². The maximum atomic E-state index is 9.80. The van der Waals surface area contributed by atoms with E-state index in [2.05, 4.69) is 0 Å². The molecular weight excluding hydrogens is 164 g/mol. The molecule has 0 saturated carbocycles. The van der Waals surface area contributed by atoms with Crippen LogP contribution in [-0.2, 0) is 6.61 Å². The SMILES string of the molecule is CC(C)[C@H](O)c1ccccc1CO. The van der Waals surface area contributed by atoms with Gasteiger partial charge in [0.1, 0.15) is 0 Å². The Bertz CT molecular complexity index is 269. The van der Waals surface area contributed by atoms with Crippen LogP contribution in [0.25, 0.3) is 0 Å². The Morgan fingerprint density at radius 3 is 2.38 bits per heavy atom.